The molecule has 0 unspecified atom stereocenters. The summed E-state index contributed by atoms with van der Waals surface area (Å²) >= 11 is 0. The molecular weight excluding hydrogens is 312 g/mol. The summed E-state index contributed by atoms with van der Waals surface area (Å²) in [6.45, 7) is 3.71. The van der Waals surface area contributed by atoms with Crippen LogP contribution in [0.1, 0.15) is 23.1 Å². The number of hydrogen-bond donors (Lipinski definition) is 1. The third kappa shape index (κ3) is 5.28. The van der Waals surface area contributed by atoms with E-state index in [1.165, 1.54) is 0 Å². The summed E-state index contributed by atoms with van der Waals surface area (Å²) in [6, 6.07) is 11.4. The molecule has 0 aromatic heterocycles. The van der Waals surface area contributed by atoms with Crippen molar-refractivity contribution in [2.75, 3.05) is 14.2 Å². The first-order valence-electron chi connectivity index (χ1n) is 8.15. The van der Waals surface area contributed by atoms with E-state index in [2.05, 4.69) is 18.7 Å². The summed E-state index contributed by atoms with van der Waals surface area (Å²) in [5.74, 6) is 1.76. The van der Waals surface area contributed by atoms with Gasteiger partial charge in [0.2, 0.25) is 0 Å². The molecule has 0 spiro atoms. The predicted molar refractivity (Wildman–Crippen MR) is 104 cm³/mol. The monoisotopic (exact) mass is 336 g/mol. The Kier molecular flexibility index (Phi) is 6.90. The number of ether oxygens (including phenoxy) is 2. The third-order valence-electron chi connectivity index (χ3n) is 3.77. The highest BCUT2D eigenvalue weighted by Gasteiger charge is 2.02. The average Bonchev–Trinajstić information content (AvgIpc) is 2.64. The highest BCUT2D eigenvalue weighted by Crippen LogP contribution is 2.28. The molecule has 2 aromatic rings. The molecule has 1 N–H and O–H groups in total. The molecule has 0 heterocycles. The molecule has 0 saturated heterocycles. The van der Waals surface area contributed by atoms with Crippen molar-refractivity contribution in [1.29, 1.82) is 0 Å². The van der Waals surface area contributed by atoms with Crippen molar-refractivity contribution in [3.05, 3.63) is 77.9 Å². The normalized spacial score (nSPS) is 11.1. The third-order valence-corrected chi connectivity index (χ3v) is 3.77. The predicted octanol–water partition coefficient (Wildman–Crippen LogP) is 5.25. The van der Waals surface area contributed by atoms with Crippen molar-refractivity contribution in [2.24, 2.45) is 0 Å². The van der Waals surface area contributed by atoms with E-state index in [0.29, 0.717) is 12.2 Å². The number of methoxy groups -OCH3 is 2. The quantitative estimate of drug-likeness (QED) is 0.669. The number of allylic oxidation sites excluding steroid dienone is 3. The zero-order chi connectivity index (χ0) is 18.1. The van der Waals surface area contributed by atoms with Gasteiger partial charge < -0.3 is 14.6 Å². The second-order valence-corrected chi connectivity index (χ2v) is 5.54. The summed E-state index contributed by atoms with van der Waals surface area (Å²) in [5, 5.41) is 9.78. The van der Waals surface area contributed by atoms with E-state index in [1.807, 2.05) is 42.5 Å². The van der Waals surface area contributed by atoms with Crippen LogP contribution in [0.15, 0.2) is 61.2 Å². The van der Waals surface area contributed by atoms with Gasteiger partial charge in [-0.1, -0.05) is 42.5 Å². The Morgan fingerprint density at radius 1 is 0.920 bits per heavy atom. The van der Waals surface area contributed by atoms with Gasteiger partial charge in [-0.05, 0) is 53.8 Å². The lowest BCUT2D eigenvalue weighted by atomic mass is 10.1. The van der Waals surface area contributed by atoms with Gasteiger partial charge in [0.25, 0.3) is 0 Å². The number of rotatable bonds is 8. The number of aromatic hydroxyl groups is 1. The summed E-state index contributed by atoms with van der Waals surface area (Å²) in [5.41, 5.74) is 3.01. The molecule has 0 fully saturated rings. The Hall–Kier alpha value is -2.94. The zero-order valence-electron chi connectivity index (χ0n) is 14.7. The topological polar surface area (TPSA) is 38.7 Å². The van der Waals surface area contributed by atoms with Gasteiger partial charge in [0.05, 0.1) is 14.2 Å². The maximum Gasteiger partial charge on any atom is 0.161 e. The molecule has 0 aliphatic heterocycles. The van der Waals surface area contributed by atoms with Crippen molar-refractivity contribution in [2.45, 2.75) is 12.8 Å². The van der Waals surface area contributed by atoms with Crippen LogP contribution in [-0.4, -0.2) is 19.3 Å². The molecule has 0 atom stereocenters. The van der Waals surface area contributed by atoms with E-state index in [1.54, 1.807) is 26.4 Å². The van der Waals surface area contributed by atoms with E-state index in [0.717, 1.165) is 34.6 Å². The van der Waals surface area contributed by atoms with Crippen LogP contribution in [-0.2, 0) is 6.42 Å². The molecule has 0 amide bonds. The first kappa shape index (κ1) is 18.4. The lowest BCUT2D eigenvalue weighted by molar-refractivity contribution is 0.355. The number of phenolic OH excluding ortho intramolecular Hbond substituents is 1. The summed E-state index contributed by atoms with van der Waals surface area (Å²) in [6.07, 6.45) is 11.5. The van der Waals surface area contributed by atoms with Crippen LogP contribution in [0, 0.1) is 0 Å². The molecule has 0 aliphatic carbocycles. The van der Waals surface area contributed by atoms with Crippen LogP contribution >= 0.6 is 0 Å². The fourth-order valence-electron chi connectivity index (χ4n) is 2.47. The second-order valence-electron chi connectivity index (χ2n) is 5.54. The Bertz CT molecular complexity index is 773. The minimum atomic E-state index is 0.311. The van der Waals surface area contributed by atoms with E-state index >= 15 is 0 Å². The van der Waals surface area contributed by atoms with E-state index in [-0.39, 0.29) is 0 Å². The molecule has 130 valence electrons. The maximum absolute atomic E-state index is 9.78. The standard InChI is InChI=1S/C22H24O3/c1-4-8-19-15-17(11-13-20(19)23)9-6-5-7-10-18-12-14-21(24-2)22(16-18)25-3/h4,6-7,9-16,23H,1,5,8H2,2-3H3. The fraction of sp³-hybridized carbons (Fsp3) is 0.182. The van der Waals surface area contributed by atoms with Crippen molar-refractivity contribution in [3.8, 4) is 17.2 Å². The van der Waals surface area contributed by atoms with Crippen LogP contribution in [0.3, 0.4) is 0 Å². The van der Waals surface area contributed by atoms with E-state index in [4.69, 9.17) is 9.47 Å². The number of hydrogen-bond acceptors (Lipinski definition) is 3. The van der Waals surface area contributed by atoms with Crippen molar-refractivity contribution in [3.63, 3.8) is 0 Å². The Labute approximate surface area is 149 Å². The highest BCUT2D eigenvalue weighted by molar-refractivity contribution is 5.57. The number of benzene rings is 2. The van der Waals surface area contributed by atoms with Gasteiger partial charge in [-0.2, -0.15) is 0 Å². The lowest BCUT2D eigenvalue weighted by Crippen LogP contribution is -1.90. The minimum Gasteiger partial charge on any atom is -0.508 e. The van der Waals surface area contributed by atoms with Gasteiger partial charge in [0.15, 0.2) is 11.5 Å². The van der Waals surface area contributed by atoms with Gasteiger partial charge in [-0.3, -0.25) is 0 Å². The van der Waals surface area contributed by atoms with Gasteiger partial charge in [0.1, 0.15) is 5.75 Å². The Morgan fingerprint density at radius 3 is 2.20 bits per heavy atom. The van der Waals surface area contributed by atoms with Gasteiger partial charge in [-0.25, -0.2) is 0 Å². The molecular formula is C22H24O3. The Balaban J connectivity index is 1.98. The smallest absolute Gasteiger partial charge is 0.161 e. The molecule has 0 radical (unpaired) electrons. The maximum atomic E-state index is 9.78. The van der Waals surface area contributed by atoms with Crippen molar-refractivity contribution >= 4 is 12.2 Å². The molecule has 2 aromatic carbocycles. The lowest BCUT2D eigenvalue weighted by Gasteiger charge is -2.07. The fourth-order valence-corrected chi connectivity index (χ4v) is 2.47. The molecule has 0 bridgehead atoms. The van der Waals surface area contributed by atoms with Gasteiger partial charge in [-0.15, -0.1) is 6.58 Å². The van der Waals surface area contributed by atoms with Crippen molar-refractivity contribution in [1.82, 2.24) is 0 Å². The molecule has 2 rings (SSSR count). The largest absolute Gasteiger partial charge is 0.508 e. The Morgan fingerprint density at radius 2 is 1.56 bits per heavy atom. The van der Waals surface area contributed by atoms with Crippen LogP contribution in [0.2, 0.25) is 0 Å². The first-order valence-corrected chi connectivity index (χ1v) is 8.15. The summed E-state index contributed by atoms with van der Waals surface area (Å²) in [7, 11) is 3.26. The summed E-state index contributed by atoms with van der Waals surface area (Å²) < 4.78 is 10.5. The first-order chi connectivity index (χ1) is 12.2. The molecule has 3 nitrogen and oxygen atoms in total. The second kappa shape index (κ2) is 9.38. The highest BCUT2D eigenvalue weighted by atomic mass is 16.5. The van der Waals surface area contributed by atoms with Crippen LogP contribution < -0.4 is 9.47 Å². The number of phenols is 1. The molecule has 25 heavy (non-hydrogen) atoms. The van der Waals surface area contributed by atoms with Gasteiger partial charge in [0, 0.05) is 0 Å². The zero-order valence-corrected chi connectivity index (χ0v) is 14.7. The van der Waals surface area contributed by atoms with Gasteiger partial charge >= 0.3 is 0 Å². The SMILES string of the molecule is C=CCc1cc(C=CCC=Cc2ccc(OC)c(OC)c2)ccc1O. The van der Waals surface area contributed by atoms with E-state index in [9.17, 15) is 5.11 Å². The molecule has 0 saturated carbocycles. The van der Waals surface area contributed by atoms with Crippen LogP contribution in [0.4, 0.5) is 0 Å². The molecule has 0 aliphatic rings. The average molecular weight is 336 g/mol. The van der Waals surface area contributed by atoms with Crippen LogP contribution in [0.5, 0.6) is 17.2 Å². The van der Waals surface area contributed by atoms with E-state index < -0.39 is 0 Å². The summed E-state index contributed by atoms with van der Waals surface area (Å²) in [4.78, 5) is 0. The minimum absolute atomic E-state index is 0.311. The van der Waals surface area contributed by atoms with Crippen molar-refractivity contribution < 1.29 is 14.6 Å². The molecule has 3 heteroatoms. The van der Waals surface area contributed by atoms with Crippen LogP contribution in [0.25, 0.3) is 12.2 Å².